The predicted octanol–water partition coefficient (Wildman–Crippen LogP) is 1.89. The predicted molar refractivity (Wildman–Crippen MR) is 65.9 cm³/mol. The number of H-pyrrole nitrogens is 1. The van der Waals surface area contributed by atoms with Crippen LogP contribution in [0.15, 0.2) is 38.3 Å². The number of hydrogen-bond donors (Lipinski definition) is 1. The molecular formula is C11H8BrNO3. The fourth-order valence-electron chi connectivity index (χ4n) is 1.40. The Morgan fingerprint density at radius 3 is 2.94 bits per heavy atom. The van der Waals surface area contributed by atoms with Gasteiger partial charge in [-0.2, -0.15) is 0 Å². The largest absolute Gasteiger partial charge is 0.419 e. The van der Waals surface area contributed by atoms with E-state index in [1.807, 2.05) is 18.2 Å². The molecule has 0 aliphatic heterocycles. The molecule has 0 bridgehead atoms. The van der Waals surface area contributed by atoms with Gasteiger partial charge in [-0.25, -0.2) is 9.59 Å². The first-order valence-electron chi connectivity index (χ1n) is 4.60. The van der Waals surface area contributed by atoms with Gasteiger partial charge in [-0.1, -0.05) is 34.1 Å². The maximum Gasteiger partial charge on any atom is 0.419 e. The van der Waals surface area contributed by atoms with Crippen LogP contribution in [-0.4, -0.2) is 10.3 Å². The number of benzene rings is 1. The second-order valence-electron chi connectivity index (χ2n) is 3.16. The van der Waals surface area contributed by atoms with Gasteiger partial charge in [0.15, 0.2) is 0 Å². The molecule has 82 valence electrons. The molecule has 16 heavy (non-hydrogen) atoms. The topological polar surface area (TPSA) is 63.1 Å². The highest BCUT2D eigenvalue weighted by atomic mass is 79.9. The minimum Gasteiger partial charge on any atom is -0.372 e. The molecule has 4 nitrogen and oxygen atoms in total. The summed E-state index contributed by atoms with van der Waals surface area (Å²) in [6, 6.07) is 5.18. The second kappa shape index (κ2) is 4.49. The van der Waals surface area contributed by atoms with Crippen LogP contribution in [0.3, 0.4) is 0 Å². The van der Waals surface area contributed by atoms with Crippen molar-refractivity contribution in [2.45, 2.75) is 0 Å². The van der Waals surface area contributed by atoms with Crippen molar-refractivity contribution in [2.75, 3.05) is 5.33 Å². The van der Waals surface area contributed by atoms with Crippen molar-refractivity contribution < 1.29 is 4.42 Å². The Bertz CT molecular complexity index is 654. The first kappa shape index (κ1) is 10.9. The van der Waals surface area contributed by atoms with E-state index in [1.165, 1.54) is 0 Å². The fraction of sp³-hybridized carbons (Fsp3) is 0.0909. The van der Waals surface area contributed by atoms with Crippen molar-refractivity contribution >= 4 is 32.9 Å². The minimum absolute atomic E-state index is 0.372. The average Bonchev–Trinajstić information content (AvgIpc) is 2.26. The van der Waals surface area contributed by atoms with Crippen LogP contribution in [-0.2, 0) is 0 Å². The lowest BCUT2D eigenvalue weighted by molar-refractivity contribution is 0.460. The van der Waals surface area contributed by atoms with Gasteiger partial charge in [0.25, 0.3) is 0 Å². The number of nitrogens with one attached hydrogen (secondary N) is 1. The summed E-state index contributed by atoms with van der Waals surface area (Å²) in [6.45, 7) is 0. The maximum atomic E-state index is 11.4. The second-order valence-corrected chi connectivity index (χ2v) is 3.81. The van der Waals surface area contributed by atoms with E-state index >= 15 is 0 Å². The third kappa shape index (κ3) is 2.14. The molecule has 0 amide bonds. The molecule has 1 aromatic carbocycles. The molecule has 0 saturated carbocycles. The number of rotatable bonds is 2. The van der Waals surface area contributed by atoms with E-state index in [0.717, 1.165) is 10.9 Å². The highest BCUT2D eigenvalue weighted by Gasteiger charge is 2.02. The van der Waals surface area contributed by atoms with Crippen LogP contribution < -0.4 is 11.4 Å². The maximum absolute atomic E-state index is 11.4. The summed E-state index contributed by atoms with van der Waals surface area (Å²) in [5, 5.41) is 1.11. The molecule has 0 fully saturated rings. The van der Waals surface area contributed by atoms with Crippen LogP contribution in [0.5, 0.6) is 0 Å². The van der Waals surface area contributed by atoms with E-state index < -0.39 is 11.4 Å². The SMILES string of the molecule is O=c1[nH]c2ccc(C=CCBr)cc2c(=O)o1. The summed E-state index contributed by atoms with van der Waals surface area (Å²) in [6.07, 6.45) is 3.78. The molecule has 0 aliphatic carbocycles. The van der Waals surface area contributed by atoms with Crippen molar-refractivity contribution in [1.82, 2.24) is 4.98 Å². The van der Waals surface area contributed by atoms with Crippen LogP contribution in [0.1, 0.15) is 5.56 Å². The summed E-state index contributed by atoms with van der Waals surface area (Å²) < 4.78 is 4.45. The fourth-order valence-corrected chi connectivity index (χ4v) is 1.59. The Labute approximate surface area is 98.7 Å². The third-order valence-corrected chi connectivity index (χ3v) is 2.46. The number of fused-ring (bicyclic) bond motifs is 1. The third-order valence-electron chi connectivity index (χ3n) is 2.09. The first-order chi connectivity index (χ1) is 7.70. The molecule has 0 atom stereocenters. The van der Waals surface area contributed by atoms with Crippen LogP contribution in [0.4, 0.5) is 0 Å². The molecule has 1 aromatic heterocycles. The average molecular weight is 282 g/mol. The highest BCUT2D eigenvalue weighted by Crippen LogP contribution is 2.10. The summed E-state index contributed by atoms with van der Waals surface area (Å²) >= 11 is 3.27. The van der Waals surface area contributed by atoms with Crippen molar-refractivity contribution in [2.24, 2.45) is 0 Å². The normalized spacial score (nSPS) is 11.3. The van der Waals surface area contributed by atoms with Gasteiger partial charge in [-0.05, 0) is 17.7 Å². The lowest BCUT2D eigenvalue weighted by Gasteiger charge is -1.97. The Morgan fingerprint density at radius 1 is 1.38 bits per heavy atom. The number of aromatic nitrogens is 1. The number of aromatic amines is 1. The van der Waals surface area contributed by atoms with Gasteiger partial charge in [0.1, 0.15) is 0 Å². The van der Waals surface area contributed by atoms with E-state index in [-0.39, 0.29) is 0 Å². The van der Waals surface area contributed by atoms with E-state index in [0.29, 0.717) is 10.9 Å². The van der Waals surface area contributed by atoms with Crippen LogP contribution in [0.2, 0.25) is 0 Å². The summed E-state index contributed by atoms with van der Waals surface area (Å²) in [4.78, 5) is 24.8. The zero-order valence-corrected chi connectivity index (χ0v) is 9.78. The monoisotopic (exact) mass is 281 g/mol. The Hall–Kier alpha value is -1.62. The molecule has 0 saturated heterocycles. The Balaban J connectivity index is 2.67. The van der Waals surface area contributed by atoms with Crippen molar-refractivity contribution in [3.8, 4) is 0 Å². The van der Waals surface area contributed by atoms with Crippen molar-refractivity contribution in [1.29, 1.82) is 0 Å². The van der Waals surface area contributed by atoms with E-state index in [1.54, 1.807) is 12.1 Å². The minimum atomic E-state index is -0.735. The van der Waals surface area contributed by atoms with E-state index in [9.17, 15) is 9.59 Å². The van der Waals surface area contributed by atoms with Crippen LogP contribution >= 0.6 is 15.9 Å². The molecule has 5 heteroatoms. The van der Waals surface area contributed by atoms with Crippen LogP contribution in [0.25, 0.3) is 17.0 Å². The van der Waals surface area contributed by atoms with Gasteiger partial charge in [-0.3, -0.25) is 4.98 Å². The van der Waals surface area contributed by atoms with Gasteiger partial charge < -0.3 is 4.42 Å². The molecule has 0 unspecified atom stereocenters. The van der Waals surface area contributed by atoms with Crippen molar-refractivity contribution in [3.63, 3.8) is 0 Å². The van der Waals surface area contributed by atoms with Gasteiger partial charge in [0, 0.05) is 5.33 Å². The summed E-state index contributed by atoms with van der Waals surface area (Å²) in [7, 11) is 0. The smallest absolute Gasteiger partial charge is 0.372 e. The summed E-state index contributed by atoms with van der Waals surface area (Å²) in [5.74, 6) is -0.735. The van der Waals surface area contributed by atoms with E-state index in [2.05, 4.69) is 25.3 Å². The zero-order valence-electron chi connectivity index (χ0n) is 8.20. The van der Waals surface area contributed by atoms with Gasteiger partial charge in [0.2, 0.25) is 0 Å². The number of alkyl halides is 1. The first-order valence-corrected chi connectivity index (χ1v) is 5.72. The number of hydrogen-bond acceptors (Lipinski definition) is 3. The van der Waals surface area contributed by atoms with Gasteiger partial charge in [0.05, 0.1) is 10.9 Å². The lowest BCUT2D eigenvalue weighted by Crippen LogP contribution is -2.14. The quantitative estimate of drug-likeness (QED) is 0.855. The van der Waals surface area contributed by atoms with Crippen LogP contribution in [0, 0.1) is 0 Å². The Morgan fingerprint density at radius 2 is 2.19 bits per heavy atom. The summed E-state index contributed by atoms with van der Waals surface area (Å²) in [5.41, 5.74) is 0.747. The number of halogens is 1. The molecule has 2 rings (SSSR count). The molecule has 2 aromatic rings. The molecule has 0 radical (unpaired) electrons. The molecule has 1 heterocycles. The molecule has 0 spiro atoms. The highest BCUT2D eigenvalue weighted by molar-refractivity contribution is 9.09. The molecular weight excluding hydrogens is 274 g/mol. The van der Waals surface area contributed by atoms with Gasteiger partial charge in [-0.15, -0.1) is 0 Å². The molecule has 0 aliphatic rings. The van der Waals surface area contributed by atoms with Crippen molar-refractivity contribution in [3.05, 3.63) is 50.8 Å². The van der Waals surface area contributed by atoms with E-state index in [4.69, 9.17) is 0 Å². The standard InChI is InChI=1S/C11H8BrNO3/c12-5-1-2-7-3-4-9-8(6-7)10(14)16-11(15)13-9/h1-4,6H,5H2,(H,13,15). The molecule has 1 N–H and O–H groups in total. The zero-order chi connectivity index (χ0) is 11.5. The number of allylic oxidation sites excluding steroid dienone is 1. The van der Waals surface area contributed by atoms with Gasteiger partial charge >= 0.3 is 11.4 Å². The Kier molecular flexibility index (Phi) is 3.05. The lowest BCUT2D eigenvalue weighted by atomic mass is 10.1.